The van der Waals surface area contributed by atoms with Crippen molar-refractivity contribution >= 4 is 0 Å². The molecule has 1 N–H and O–H groups in total. The van der Waals surface area contributed by atoms with Gasteiger partial charge in [-0.3, -0.25) is 0 Å². The van der Waals surface area contributed by atoms with Crippen molar-refractivity contribution in [2.45, 2.75) is 25.8 Å². The summed E-state index contributed by atoms with van der Waals surface area (Å²) in [5, 5.41) is 3.13. The fourth-order valence-corrected chi connectivity index (χ4v) is 1.86. The zero-order chi connectivity index (χ0) is 10.1. The molecule has 1 aromatic rings. The van der Waals surface area contributed by atoms with Crippen LogP contribution in [0.3, 0.4) is 0 Å². The molecular weight excluding hydrogens is 184 g/mol. The lowest BCUT2D eigenvalue weighted by Crippen LogP contribution is -2.36. The Balaban J connectivity index is 2.44. The van der Waals surface area contributed by atoms with Crippen molar-refractivity contribution in [1.29, 1.82) is 0 Å². The van der Waals surface area contributed by atoms with Gasteiger partial charge in [-0.15, -0.1) is 0 Å². The molecule has 0 bridgehead atoms. The normalized spacial score (nSPS) is 20.6. The summed E-state index contributed by atoms with van der Waals surface area (Å²) in [5.74, 6) is -0.901. The first-order valence-electron chi connectivity index (χ1n) is 4.93. The van der Waals surface area contributed by atoms with E-state index in [9.17, 15) is 8.78 Å². The van der Waals surface area contributed by atoms with Gasteiger partial charge in [0, 0.05) is 17.7 Å². The van der Waals surface area contributed by atoms with Crippen LogP contribution in [-0.2, 0) is 6.42 Å². The molecule has 1 aromatic carbocycles. The Hall–Kier alpha value is -0.960. The lowest BCUT2D eigenvalue weighted by Gasteiger charge is -2.30. The summed E-state index contributed by atoms with van der Waals surface area (Å²) in [6.45, 7) is 2.83. The molecule has 2 rings (SSSR count). The Morgan fingerprint density at radius 2 is 2.14 bits per heavy atom. The Morgan fingerprint density at radius 1 is 1.43 bits per heavy atom. The summed E-state index contributed by atoms with van der Waals surface area (Å²) in [6, 6.07) is 2.48. The standard InChI is InChI=1S/C11H13F2N/c1-2-7-5-8(12)6-9(13)11(7)10-3-4-14-10/h5-6,10,14H,2-4H2,1H3/t10-/m0/s1. The second kappa shape index (κ2) is 3.65. The average molecular weight is 197 g/mol. The predicted octanol–water partition coefficient (Wildman–Crippen LogP) is 2.56. The molecule has 14 heavy (non-hydrogen) atoms. The summed E-state index contributed by atoms with van der Waals surface area (Å²) >= 11 is 0. The maximum atomic E-state index is 13.5. The van der Waals surface area contributed by atoms with Gasteiger partial charge in [-0.1, -0.05) is 6.92 Å². The van der Waals surface area contributed by atoms with Gasteiger partial charge in [-0.05, 0) is 31.0 Å². The van der Waals surface area contributed by atoms with Crippen molar-refractivity contribution in [2.75, 3.05) is 6.54 Å². The van der Waals surface area contributed by atoms with E-state index in [-0.39, 0.29) is 6.04 Å². The van der Waals surface area contributed by atoms with Gasteiger partial charge in [-0.2, -0.15) is 0 Å². The first-order chi connectivity index (χ1) is 6.72. The monoisotopic (exact) mass is 197 g/mol. The highest BCUT2D eigenvalue weighted by molar-refractivity contribution is 5.33. The van der Waals surface area contributed by atoms with E-state index in [0.29, 0.717) is 12.0 Å². The van der Waals surface area contributed by atoms with E-state index in [2.05, 4.69) is 5.32 Å². The van der Waals surface area contributed by atoms with Crippen LogP contribution >= 0.6 is 0 Å². The topological polar surface area (TPSA) is 12.0 Å². The van der Waals surface area contributed by atoms with Crippen LogP contribution in [0, 0.1) is 11.6 Å². The molecule has 0 saturated carbocycles. The van der Waals surface area contributed by atoms with E-state index >= 15 is 0 Å². The number of nitrogens with one attached hydrogen (secondary N) is 1. The Bertz CT molecular complexity index is 345. The SMILES string of the molecule is CCc1cc(F)cc(F)c1[C@@H]1CCN1. The van der Waals surface area contributed by atoms with Crippen molar-refractivity contribution in [1.82, 2.24) is 5.32 Å². The van der Waals surface area contributed by atoms with Crippen LogP contribution in [-0.4, -0.2) is 6.54 Å². The fourth-order valence-electron chi connectivity index (χ4n) is 1.86. The maximum absolute atomic E-state index is 13.5. The zero-order valence-electron chi connectivity index (χ0n) is 8.11. The first-order valence-corrected chi connectivity index (χ1v) is 4.93. The molecule has 0 amide bonds. The van der Waals surface area contributed by atoms with Crippen molar-refractivity contribution in [3.8, 4) is 0 Å². The highest BCUT2D eigenvalue weighted by atomic mass is 19.1. The quantitative estimate of drug-likeness (QED) is 0.768. The molecule has 1 aliphatic heterocycles. The fraction of sp³-hybridized carbons (Fsp3) is 0.455. The maximum Gasteiger partial charge on any atom is 0.131 e. The number of rotatable bonds is 2. The minimum atomic E-state index is -0.484. The molecule has 1 aliphatic rings. The van der Waals surface area contributed by atoms with Crippen LogP contribution < -0.4 is 5.32 Å². The number of hydrogen-bond acceptors (Lipinski definition) is 1. The molecule has 1 nitrogen and oxygen atoms in total. The number of hydrogen-bond donors (Lipinski definition) is 1. The summed E-state index contributed by atoms with van der Waals surface area (Å²) in [4.78, 5) is 0. The largest absolute Gasteiger partial charge is 0.310 e. The molecule has 0 unspecified atom stereocenters. The molecule has 0 spiro atoms. The van der Waals surface area contributed by atoms with E-state index in [1.54, 1.807) is 0 Å². The zero-order valence-corrected chi connectivity index (χ0v) is 8.11. The second-order valence-corrected chi connectivity index (χ2v) is 3.61. The van der Waals surface area contributed by atoms with Crippen molar-refractivity contribution < 1.29 is 8.78 Å². The Morgan fingerprint density at radius 3 is 2.64 bits per heavy atom. The Labute approximate surface area is 82.1 Å². The summed E-state index contributed by atoms with van der Waals surface area (Å²) in [6.07, 6.45) is 1.61. The molecule has 1 fully saturated rings. The number of aryl methyl sites for hydroxylation is 1. The molecule has 1 atom stereocenters. The molecule has 1 saturated heterocycles. The average Bonchev–Trinajstić information content (AvgIpc) is 2.05. The van der Waals surface area contributed by atoms with Crippen LogP contribution in [0.25, 0.3) is 0 Å². The van der Waals surface area contributed by atoms with Crippen LogP contribution in [0.15, 0.2) is 12.1 Å². The van der Waals surface area contributed by atoms with Gasteiger partial charge >= 0.3 is 0 Å². The first kappa shape index (κ1) is 9.59. The third-order valence-electron chi connectivity index (χ3n) is 2.73. The van der Waals surface area contributed by atoms with Gasteiger partial charge in [0.15, 0.2) is 0 Å². The molecular formula is C11H13F2N. The van der Waals surface area contributed by atoms with Gasteiger partial charge in [0.05, 0.1) is 0 Å². The number of benzene rings is 1. The van der Waals surface area contributed by atoms with Gasteiger partial charge < -0.3 is 5.32 Å². The highest BCUT2D eigenvalue weighted by Gasteiger charge is 2.24. The van der Waals surface area contributed by atoms with Gasteiger partial charge in [0.1, 0.15) is 11.6 Å². The molecule has 0 aliphatic carbocycles. The van der Waals surface area contributed by atoms with E-state index in [1.807, 2.05) is 6.92 Å². The summed E-state index contributed by atoms with van der Waals surface area (Å²) < 4.78 is 26.4. The van der Waals surface area contributed by atoms with E-state index in [4.69, 9.17) is 0 Å². The van der Waals surface area contributed by atoms with Crippen molar-refractivity contribution in [3.63, 3.8) is 0 Å². The van der Waals surface area contributed by atoms with E-state index in [0.717, 1.165) is 24.6 Å². The Kier molecular flexibility index (Phi) is 2.50. The lowest BCUT2D eigenvalue weighted by molar-refractivity contribution is 0.366. The van der Waals surface area contributed by atoms with Crippen molar-refractivity contribution in [2.24, 2.45) is 0 Å². The smallest absolute Gasteiger partial charge is 0.131 e. The molecule has 3 heteroatoms. The highest BCUT2D eigenvalue weighted by Crippen LogP contribution is 2.29. The lowest BCUT2D eigenvalue weighted by atomic mass is 9.92. The second-order valence-electron chi connectivity index (χ2n) is 3.61. The van der Waals surface area contributed by atoms with Crippen molar-refractivity contribution in [3.05, 3.63) is 34.9 Å². The molecule has 0 radical (unpaired) electrons. The third-order valence-corrected chi connectivity index (χ3v) is 2.73. The van der Waals surface area contributed by atoms with Gasteiger partial charge in [0.25, 0.3) is 0 Å². The minimum absolute atomic E-state index is 0.0885. The summed E-state index contributed by atoms with van der Waals surface area (Å²) in [5.41, 5.74) is 1.43. The molecule has 0 aromatic heterocycles. The van der Waals surface area contributed by atoms with Crippen LogP contribution in [0.4, 0.5) is 8.78 Å². The van der Waals surface area contributed by atoms with Gasteiger partial charge in [0.2, 0.25) is 0 Å². The molecule has 76 valence electrons. The minimum Gasteiger partial charge on any atom is -0.310 e. The van der Waals surface area contributed by atoms with Gasteiger partial charge in [-0.25, -0.2) is 8.78 Å². The van der Waals surface area contributed by atoms with Crippen LogP contribution in [0.1, 0.15) is 30.5 Å². The number of halogens is 2. The third kappa shape index (κ3) is 1.52. The van der Waals surface area contributed by atoms with E-state index in [1.165, 1.54) is 6.07 Å². The van der Waals surface area contributed by atoms with E-state index < -0.39 is 11.6 Å². The summed E-state index contributed by atoms with van der Waals surface area (Å²) in [7, 11) is 0. The predicted molar refractivity (Wildman–Crippen MR) is 51.1 cm³/mol. The van der Waals surface area contributed by atoms with Crippen LogP contribution in [0.5, 0.6) is 0 Å². The molecule has 1 heterocycles. The van der Waals surface area contributed by atoms with Crippen LogP contribution in [0.2, 0.25) is 0 Å².